The first-order valence-corrected chi connectivity index (χ1v) is 6.18. The molecule has 2 heterocycles. The van der Waals surface area contributed by atoms with Crippen LogP contribution in [-0.2, 0) is 0 Å². The fourth-order valence-corrected chi connectivity index (χ4v) is 2.10. The standard InChI is InChI=1S/C14H14O4/c15-14-13-12(16-8-4-1-5-9-17-13)10-6-2-3-7-11(10)18-14/h2-3,6-7H,1,4-5,8-9H2. The van der Waals surface area contributed by atoms with Crippen LogP contribution in [0.3, 0.4) is 0 Å². The Hall–Kier alpha value is -1.97. The Balaban J connectivity index is 2.22. The lowest BCUT2D eigenvalue weighted by Gasteiger charge is -2.11. The van der Waals surface area contributed by atoms with Crippen LogP contribution in [-0.4, -0.2) is 13.2 Å². The molecular weight excluding hydrogens is 232 g/mol. The highest BCUT2D eigenvalue weighted by atomic mass is 16.5. The van der Waals surface area contributed by atoms with Crippen LogP contribution in [0.1, 0.15) is 19.3 Å². The van der Waals surface area contributed by atoms with Crippen molar-refractivity contribution in [1.29, 1.82) is 0 Å². The molecule has 0 radical (unpaired) electrons. The molecule has 4 nitrogen and oxygen atoms in total. The normalized spacial score (nSPS) is 15.8. The number of hydrogen-bond donors (Lipinski definition) is 0. The first kappa shape index (κ1) is 11.1. The van der Waals surface area contributed by atoms with Gasteiger partial charge in [0.1, 0.15) is 5.58 Å². The largest absolute Gasteiger partial charge is 0.489 e. The second kappa shape index (κ2) is 4.72. The van der Waals surface area contributed by atoms with Gasteiger partial charge in [0.15, 0.2) is 5.75 Å². The predicted molar refractivity (Wildman–Crippen MR) is 67.3 cm³/mol. The highest BCUT2D eigenvalue weighted by Gasteiger charge is 2.18. The fourth-order valence-electron chi connectivity index (χ4n) is 2.10. The van der Waals surface area contributed by atoms with Gasteiger partial charge in [-0.3, -0.25) is 0 Å². The molecule has 1 aromatic carbocycles. The first-order valence-electron chi connectivity index (χ1n) is 6.18. The molecule has 0 saturated carbocycles. The Morgan fingerprint density at radius 3 is 2.44 bits per heavy atom. The summed E-state index contributed by atoms with van der Waals surface area (Å²) >= 11 is 0. The van der Waals surface area contributed by atoms with Gasteiger partial charge in [-0.2, -0.15) is 0 Å². The molecule has 1 aliphatic heterocycles. The van der Waals surface area contributed by atoms with E-state index in [9.17, 15) is 4.79 Å². The Bertz CT molecular complexity index is 615. The third kappa shape index (κ3) is 1.94. The Morgan fingerprint density at radius 2 is 1.61 bits per heavy atom. The van der Waals surface area contributed by atoms with Crippen LogP contribution in [0.4, 0.5) is 0 Å². The molecule has 0 N–H and O–H groups in total. The lowest BCUT2D eigenvalue weighted by atomic mass is 10.2. The molecule has 0 fully saturated rings. The van der Waals surface area contributed by atoms with E-state index in [0.29, 0.717) is 24.5 Å². The summed E-state index contributed by atoms with van der Waals surface area (Å²) in [4.78, 5) is 11.9. The summed E-state index contributed by atoms with van der Waals surface area (Å²) in [5, 5.41) is 0.786. The third-order valence-corrected chi connectivity index (χ3v) is 3.01. The second-order valence-electron chi connectivity index (χ2n) is 4.30. The van der Waals surface area contributed by atoms with E-state index in [1.165, 1.54) is 0 Å². The Morgan fingerprint density at radius 1 is 0.889 bits per heavy atom. The molecular formula is C14H14O4. The molecule has 0 atom stereocenters. The van der Waals surface area contributed by atoms with Crippen LogP contribution in [0.15, 0.2) is 33.5 Å². The quantitative estimate of drug-likeness (QED) is 0.670. The van der Waals surface area contributed by atoms with Crippen LogP contribution < -0.4 is 15.1 Å². The maximum Gasteiger partial charge on any atom is 0.383 e. The lowest BCUT2D eigenvalue weighted by molar-refractivity contribution is 0.277. The van der Waals surface area contributed by atoms with E-state index in [4.69, 9.17) is 13.9 Å². The first-order chi connectivity index (χ1) is 8.86. The number of benzene rings is 1. The number of para-hydroxylation sites is 1. The number of fused-ring (bicyclic) bond motifs is 3. The van der Waals surface area contributed by atoms with Gasteiger partial charge in [-0.05, 0) is 31.4 Å². The zero-order valence-corrected chi connectivity index (χ0v) is 9.98. The molecule has 0 bridgehead atoms. The molecule has 2 aromatic rings. The van der Waals surface area contributed by atoms with Crippen molar-refractivity contribution in [2.45, 2.75) is 19.3 Å². The molecule has 4 heteroatoms. The minimum absolute atomic E-state index is 0.204. The van der Waals surface area contributed by atoms with Crippen molar-refractivity contribution in [1.82, 2.24) is 0 Å². The summed E-state index contributed by atoms with van der Waals surface area (Å²) < 4.78 is 16.5. The van der Waals surface area contributed by atoms with Crippen LogP contribution in [0, 0.1) is 0 Å². The monoisotopic (exact) mass is 246 g/mol. The molecule has 0 spiro atoms. The molecule has 0 saturated heterocycles. The van der Waals surface area contributed by atoms with Crippen molar-refractivity contribution in [2.24, 2.45) is 0 Å². The molecule has 1 aromatic heterocycles. The molecule has 0 aliphatic carbocycles. The lowest BCUT2D eigenvalue weighted by Crippen LogP contribution is -2.10. The highest BCUT2D eigenvalue weighted by molar-refractivity contribution is 5.85. The fraction of sp³-hybridized carbons (Fsp3) is 0.357. The Labute approximate surface area is 104 Å². The SMILES string of the molecule is O=c1oc2ccccc2c2c1OCCCCCO2. The van der Waals surface area contributed by atoms with Crippen LogP contribution in [0.2, 0.25) is 0 Å². The van der Waals surface area contributed by atoms with E-state index >= 15 is 0 Å². The second-order valence-corrected chi connectivity index (χ2v) is 4.30. The van der Waals surface area contributed by atoms with E-state index in [-0.39, 0.29) is 5.75 Å². The Kier molecular flexibility index (Phi) is 2.92. The smallest absolute Gasteiger partial charge is 0.383 e. The topological polar surface area (TPSA) is 48.7 Å². The van der Waals surface area contributed by atoms with Crippen molar-refractivity contribution in [3.63, 3.8) is 0 Å². The van der Waals surface area contributed by atoms with Crippen molar-refractivity contribution < 1.29 is 13.9 Å². The molecule has 3 rings (SSSR count). The number of hydrogen-bond acceptors (Lipinski definition) is 4. The van der Waals surface area contributed by atoms with Crippen molar-refractivity contribution >= 4 is 11.0 Å². The number of ether oxygens (including phenoxy) is 2. The molecule has 18 heavy (non-hydrogen) atoms. The molecule has 0 amide bonds. The zero-order chi connectivity index (χ0) is 12.4. The minimum Gasteiger partial charge on any atom is -0.489 e. The van der Waals surface area contributed by atoms with Gasteiger partial charge in [0, 0.05) is 0 Å². The maximum atomic E-state index is 11.9. The summed E-state index contributed by atoms with van der Waals surface area (Å²) in [6.45, 7) is 1.13. The van der Waals surface area contributed by atoms with Gasteiger partial charge in [-0.25, -0.2) is 4.79 Å². The van der Waals surface area contributed by atoms with Gasteiger partial charge in [-0.15, -0.1) is 0 Å². The van der Waals surface area contributed by atoms with Gasteiger partial charge < -0.3 is 13.9 Å². The van der Waals surface area contributed by atoms with Gasteiger partial charge in [-0.1, -0.05) is 12.1 Å². The van der Waals surface area contributed by atoms with E-state index < -0.39 is 5.63 Å². The van der Waals surface area contributed by atoms with E-state index in [1.807, 2.05) is 18.2 Å². The summed E-state index contributed by atoms with van der Waals surface area (Å²) in [5.74, 6) is 0.722. The van der Waals surface area contributed by atoms with Gasteiger partial charge >= 0.3 is 5.63 Å². The molecule has 1 aliphatic rings. The zero-order valence-electron chi connectivity index (χ0n) is 9.98. The number of rotatable bonds is 0. The predicted octanol–water partition coefficient (Wildman–Crippen LogP) is 2.73. The summed E-state index contributed by atoms with van der Waals surface area (Å²) in [5.41, 5.74) is 0.0645. The average Bonchev–Trinajstić information content (AvgIpc) is 2.51. The van der Waals surface area contributed by atoms with E-state index in [2.05, 4.69) is 0 Å². The maximum absolute atomic E-state index is 11.9. The van der Waals surface area contributed by atoms with Gasteiger partial charge in [0.05, 0.1) is 18.6 Å². The summed E-state index contributed by atoms with van der Waals surface area (Å²) in [7, 11) is 0. The van der Waals surface area contributed by atoms with Crippen LogP contribution in [0.25, 0.3) is 11.0 Å². The minimum atomic E-state index is -0.467. The highest BCUT2D eigenvalue weighted by Crippen LogP contribution is 2.33. The molecule has 0 unspecified atom stereocenters. The van der Waals surface area contributed by atoms with Gasteiger partial charge in [0.25, 0.3) is 0 Å². The van der Waals surface area contributed by atoms with Crippen LogP contribution >= 0.6 is 0 Å². The molecule has 94 valence electrons. The summed E-state index contributed by atoms with van der Waals surface area (Å²) in [6.07, 6.45) is 2.93. The van der Waals surface area contributed by atoms with E-state index in [1.54, 1.807) is 6.07 Å². The van der Waals surface area contributed by atoms with Crippen molar-refractivity contribution in [3.05, 3.63) is 34.7 Å². The summed E-state index contributed by atoms with van der Waals surface area (Å²) in [6, 6.07) is 7.34. The third-order valence-electron chi connectivity index (χ3n) is 3.01. The van der Waals surface area contributed by atoms with Crippen molar-refractivity contribution in [3.8, 4) is 11.5 Å². The van der Waals surface area contributed by atoms with E-state index in [0.717, 1.165) is 24.6 Å². The van der Waals surface area contributed by atoms with Crippen LogP contribution in [0.5, 0.6) is 11.5 Å². The van der Waals surface area contributed by atoms with Crippen molar-refractivity contribution in [2.75, 3.05) is 13.2 Å². The average molecular weight is 246 g/mol. The van der Waals surface area contributed by atoms with Gasteiger partial charge in [0.2, 0.25) is 5.75 Å².